The van der Waals surface area contributed by atoms with Gasteiger partial charge >= 0.3 is 0 Å². The molecule has 0 spiro atoms. The van der Waals surface area contributed by atoms with Crippen molar-refractivity contribution in [1.29, 1.82) is 0 Å². The Bertz CT molecular complexity index is 749. The molecular formula is C21H28N2O2. The highest BCUT2D eigenvalue weighted by molar-refractivity contribution is 5.96. The van der Waals surface area contributed by atoms with Crippen LogP contribution in [0.15, 0.2) is 36.4 Å². The van der Waals surface area contributed by atoms with Crippen LogP contribution in [-0.4, -0.2) is 39.7 Å². The number of hydrogen-bond donors (Lipinski definition) is 1. The Morgan fingerprint density at radius 1 is 1.20 bits per heavy atom. The second-order valence-electron chi connectivity index (χ2n) is 7.28. The molecule has 1 aliphatic rings. The molecule has 1 fully saturated rings. The third-order valence-electron chi connectivity index (χ3n) is 5.58. The molecule has 4 heteroatoms. The van der Waals surface area contributed by atoms with Gasteiger partial charge < -0.3 is 14.6 Å². The quantitative estimate of drug-likeness (QED) is 0.925. The van der Waals surface area contributed by atoms with Gasteiger partial charge in [-0.15, -0.1) is 0 Å². The Kier molecular flexibility index (Phi) is 5.00. The fourth-order valence-corrected chi connectivity index (χ4v) is 4.01. The van der Waals surface area contributed by atoms with Gasteiger partial charge in [-0.05, 0) is 45.7 Å². The number of aromatic nitrogens is 1. The zero-order chi connectivity index (χ0) is 18.1. The number of benzene rings is 1. The van der Waals surface area contributed by atoms with Gasteiger partial charge in [-0.2, -0.15) is 0 Å². The molecule has 1 aromatic carbocycles. The van der Waals surface area contributed by atoms with Gasteiger partial charge in [0.2, 0.25) is 0 Å². The largest absolute Gasteiger partial charge is 0.393 e. The molecule has 3 rings (SSSR count). The number of nitrogens with zero attached hydrogens (tertiary/aromatic N) is 2. The summed E-state index contributed by atoms with van der Waals surface area (Å²) in [6.45, 7) is 9.45. The van der Waals surface area contributed by atoms with Crippen LogP contribution >= 0.6 is 0 Å². The first-order valence-electron chi connectivity index (χ1n) is 9.11. The molecule has 0 radical (unpaired) electrons. The summed E-state index contributed by atoms with van der Waals surface area (Å²) in [5, 5.41) is 9.78. The van der Waals surface area contributed by atoms with E-state index in [1.807, 2.05) is 43.0 Å². The summed E-state index contributed by atoms with van der Waals surface area (Å²) >= 11 is 0. The number of amides is 1. The van der Waals surface area contributed by atoms with Crippen molar-refractivity contribution in [2.45, 2.75) is 46.3 Å². The predicted molar refractivity (Wildman–Crippen MR) is 99.9 cm³/mol. The number of carbonyl (C=O) groups excluding carboxylic acids is 1. The second-order valence-corrected chi connectivity index (χ2v) is 7.28. The fraction of sp³-hybridized carbons (Fsp3) is 0.476. The Morgan fingerprint density at radius 3 is 2.48 bits per heavy atom. The summed E-state index contributed by atoms with van der Waals surface area (Å²) in [5.41, 5.74) is 4.13. The number of aliphatic hydroxyl groups is 1. The highest BCUT2D eigenvalue weighted by atomic mass is 16.3. The number of hydrogen-bond acceptors (Lipinski definition) is 2. The molecular weight excluding hydrogens is 312 g/mol. The van der Waals surface area contributed by atoms with Crippen LogP contribution in [0, 0.1) is 19.8 Å². The molecule has 1 amide bonds. The summed E-state index contributed by atoms with van der Waals surface area (Å²) in [5.74, 6) is 0.276. The zero-order valence-electron chi connectivity index (χ0n) is 15.6. The Balaban J connectivity index is 1.86. The van der Waals surface area contributed by atoms with Crippen molar-refractivity contribution < 1.29 is 9.90 Å². The van der Waals surface area contributed by atoms with Gasteiger partial charge in [0.15, 0.2) is 0 Å². The smallest absolute Gasteiger partial charge is 0.255 e. The maximum absolute atomic E-state index is 13.0. The van der Waals surface area contributed by atoms with Crippen molar-refractivity contribution in [2.24, 2.45) is 5.92 Å². The standard InChI is InChI=1S/C21H28N2O2/c1-14-12-20(21(25)22-11-10-19(13-22)17(4)24)16(3)23(14)15(2)18-8-6-5-7-9-18/h5-9,12,15,17,19,24H,10-11,13H2,1-4H3. The minimum atomic E-state index is -0.358. The average Bonchev–Trinajstić information content (AvgIpc) is 3.20. The Morgan fingerprint density at radius 2 is 1.88 bits per heavy atom. The third-order valence-corrected chi connectivity index (χ3v) is 5.58. The first-order valence-corrected chi connectivity index (χ1v) is 9.11. The van der Waals surface area contributed by atoms with Gasteiger partial charge in [0.05, 0.1) is 17.7 Å². The SMILES string of the molecule is Cc1cc(C(=O)N2CCC(C(C)O)C2)c(C)n1C(C)c1ccccc1. The summed E-state index contributed by atoms with van der Waals surface area (Å²) < 4.78 is 2.24. The lowest BCUT2D eigenvalue weighted by molar-refractivity contribution is 0.0761. The Labute approximate surface area is 150 Å². The van der Waals surface area contributed by atoms with E-state index in [2.05, 4.69) is 30.5 Å². The highest BCUT2D eigenvalue weighted by Gasteiger charge is 2.31. The van der Waals surface area contributed by atoms with Gasteiger partial charge in [-0.25, -0.2) is 0 Å². The van der Waals surface area contributed by atoms with Crippen molar-refractivity contribution >= 4 is 5.91 Å². The van der Waals surface area contributed by atoms with Crippen molar-refractivity contribution in [3.05, 3.63) is 58.9 Å². The molecule has 3 unspecified atom stereocenters. The van der Waals surface area contributed by atoms with Crippen LogP contribution in [0.1, 0.15) is 53.6 Å². The fourth-order valence-electron chi connectivity index (χ4n) is 4.01. The van der Waals surface area contributed by atoms with Gasteiger partial charge in [0.25, 0.3) is 5.91 Å². The first-order chi connectivity index (χ1) is 11.9. The van der Waals surface area contributed by atoms with E-state index >= 15 is 0 Å². The van der Waals surface area contributed by atoms with Crippen LogP contribution in [-0.2, 0) is 0 Å². The van der Waals surface area contributed by atoms with Crippen LogP contribution in [0.5, 0.6) is 0 Å². The minimum absolute atomic E-state index is 0.0859. The first kappa shape index (κ1) is 17.7. The van der Waals surface area contributed by atoms with E-state index in [1.165, 1.54) is 5.56 Å². The molecule has 3 atom stereocenters. The van der Waals surface area contributed by atoms with Gasteiger partial charge in [0.1, 0.15) is 0 Å². The van der Waals surface area contributed by atoms with Gasteiger partial charge in [-0.3, -0.25) is 4.79 Å². The van der Waals surface area contributed by atoms with E-state index in [0.717, 1.165) is 29.9 Å². The lowest BCUT2D eigenvalue weighted by Gasteiger charge is -2.20. The van der Waals surface area contributed by atoms with Crippen LogP contribution in [0.4, 0.5) is 0 Å². The number of likely N-dealkylation sites (tertiary alicyclic amines) is 1. The zero-order valence-corrected chi connectivity index (χ0v) is 15.6. The Hall–Kier alpha value is -2.07. The van der Waals surface area contributed by atoms with Crippen molar-refractivity contribution in [3.63, 3.8) is 0 Å². The van der Waals surface area contributed by atoms with Crippen molar-refractivity contribution in [1.82, 2.24) is 9.47 Å². The topological polar surface area (TPSA) is 45.5 Å². The number of rotatable bonds is 4. The molecule has 1 aliphatic heterocycles. The number of aryl methyl sites for hydroxylation is 1. The monoisotopic (exact) mass is 340 g/mol. The summed E-state index contributed by atoms with van der Waals surface area (Å²) in [6.07, 6.45) is 0.520. The number of aliphatic hydroxyl groups excluding tert-OH is 1. The van der Waals surface area contributed by atoms with Crippen LogP contribution in [0.3, 0.4) is 0 Å². The maximum atomic E-state index is 13.0. The average molecular weight is 340 g/mol. The predicted octanol–water partition coefficient (Wildman–Crippen LogP) is 3.56. The molecule has 1 aromatic heterocycles. The van der Waals surface area contributed by atoms with E-state index in [1.54, 1.807) is 0 Å². The normalized spacial score (nSPS) is 19.9. The molecule has 0 saturated carbocycles. The van der Waals surface area contributed by atoms with Crippen LogP contribution in [0.25, 0.3) is 0 Å². The van der Waals surface area contributed by atoms with E-state index in [9.17, 15) is 9.90 Å². The summed E-state index contributed by atoms with van der Waals surface area (Å²) in [6, 6.07) is 12.6. The summed E-state index contributed by atoms with van der Waals surface area (Å²) in [4.78, 5) is 14.9. The molecule has 25 heavy (non-hydrogen) atoms. The highest BCUT2D eigenvalue weighted by Crippen LogP contribution is 2.28. The molecule has 0 aliphatic carbocycles. The molecule has 134 valence electrons. The minimum Gasteiger partial charge on any atom is -0.393 e. The molecule has 1 saturated heterocycles. The van der Waals surface area contributed by atoms with Gasteiger partial charge in [-0.1, -0.05) is 30.3 Å². The lowest BCUT2D eigenvalue weighted by atomic mass is 10.0. The number of carbonyl (C=O) groups is 1. The van der Waals surface area contributed by atoms with E-state index < -0.39 is 0 Å². The molecule has 4 nitrogen and oxygen atoms in total. The van der Waals surface area contributed by atoms with Crippen molar-refractivity contribution in [2.75, 3.05) is 13.1 Å². The van der Waals surface area contributed by atoms with E-state index in [0.29, 0.717) is 6.54 Å². The second kappa shape index (κ2) is 7.04. The van der Waals surface area contributed by atoms with Crippen LogP contribution in [0.2, 0.25) is 0 Å². The molecule has 1 N–H and O–H groups in total. The maximum Gasteiger partial charge on any atom is 0.255 e. The van der Waals surface area contributed by atoms with E-state index in [-0.39, 0.29) is 24.0 Å². The molecule has 2 heterocycles. The molecule has 2 aromatic rings. The van der Waals surface area contributed by atoms with Crippen LogP contribution < -0.4 is 0 Å². The van der Waals surface area contributed by atoms with Gasteiger partial charge in [0, 0.05) is 30.4 Å². The third kappa shape index (κ3) is 3.36. The van der Waals surface area contributed by atoms with E-state index in [4.69, 9.17) is 0 Å². The van der Waals surface area contributed by atoms with Crippen molar-refractivity contribution in [3.8, 4) is 0 Å². The lowest BCUT2D eigenvalue weighted by Crippen LogP contribution is -2.30. The summed E-state index contributed by atoms with van der Waals surface area (Å²) in [7, 11) is 0. The molecule has 0 bridgehead atoms.